The van der Waals surface area contributed by atoms with Crippen LogP contribution in [0.2, 0.25) is 0 Å². The van der Waals surface area contributed by atoms with Crippen molar-refractivity contribution < 1.29 is 4.79 Å². The van der Waals surface area contributed by atoms with E-state index in [0.29, 0.717) is 5.16 Å². The van der Waals surface area contributed by atoms with Crippen molar-refractivity contribution in [3.05, 3.63) is 41.1 Å². The van der Waals surface area contributed by atoms with Gasteiger partial charge in [-0.05, 0) is 19.9 Å². The second-order valence-electron chi connectivity index (χ2n) is 5.12. The molecule has 1 heterocycles. The number of rotatable bonds is 5. The van der Waals surface area contributed by atoms with Crippen molar-refractivity contribution in [3.8, 4) is 17.5 Å². The van der Waals surface area contributed by atoms with Crippen LogP contribution in [-0.4, -0.2) is 26.3 Å². The van der Waals surface area contributed by atoms with Crippen LogP contribution in [0.4, 0.5) is 0 Å². The van der Waals surface area contributed by atoms with Crippen LogP contribution in [0.1, 0.15) is 12.5 Å². The highest BCUT2D eigenvalue weighted by atomic mass is 32.2. The van der Waals surface area contributed by atoms with E-state index in [9.17, 15) is 4.79 Å². The van der Waals surface area contributed by atoms with E-state index < -0.39 is 0 Å². The lowest BCUT2D eigenvalue weighted by Gasteiger charge is -2.04. The topological polar surface area (TPSA) is 97.6 Å². The summed E-state index contributed by atoms with van der Waals surface area (Å²) in [5, 5.41) is 17.9. The average Bonchev–Trinajstić information content (AvgIpc) is 2.86. The van der Waals surface area contributed by atoms with Gasteiger partial charge in [-0.15, -0.1) is 10.2 Å². The van der Waals surface area contributed by atoms with Gasteiger partial charge in [0.05, 0.1) is 5.75 Å². The molecule has 118 valence electrons. The van der Waals surface area contributed by atoms with Crippen LogP contribution in [0.3, 0.4) is 0 Å². The summed E-state index contributed by atoms with van der Waals surface area (Å²) in [7, 11) is 1.85. The number of ketones is 1. The van der Waals surface area contributed by atoms with E-state index in [2.05, 4.69) is 10.2 Å². The van der Waals surface area contributed by atoms with Gasteiger partial charge in [0.15, 0.2) is 16.8 Å². The van der Waals surface area contributed by atoms with Crippen molar-refractivity contribution >= 4 is 17.5 Å². The van der Waals surface area contributed by atoms with Crippen LogP contribution in [0.5, 0.6) is 0 Å². The Labute approximate surface area is 139 Å². The number of aromatic nitrogens is 3. The smallest absolute Gasteiger partial charge is 0.191 e. The molecule has 7 heteroatoms. The van der Waals surface area contributed by atoms with Gasteiger partial charge in [-0.3, -0.25) is 4.79 Å². The van der Waals surface area contributed by atoms with Gasteiger partial charge in [0.25, 0.3) is 0 Å². The van der Waals surface area contributed by atoms with Gasteiger partial charge in [-0.1, -0.05) is 35.5 Å². The van der Waals surface area contributed by atoms with Crippen molar-refractivity contribution in [2.45, 2.75) is 19.0 Å². The maximum atomic E-state index is 12.0. The molecule has 1 aromatic carbocycles. The maximum Gasteiger partial charge on any atom is 0.191 e. The minimum Gasteiger partial charge on any atom is -0.401 e. The van der Waals surface area contributed by atoms with E-state index in [1.807, 2.05) is 48.9 Å². The number of Topliss-reactive ketones (excluding diaryl/α,β-unsaturated/α-hetero) is 1. The summed E-state index contributed by atoms with van der Waals surface area (Å²) in [4.78, 5) is 12.0. The van der Waals surface area contributed by atoms with E-state index in [1.165, 1.54) is 11.8 Å². The summed E-state index contributed by atoms with van der Waals surface area (Å²) in [6.45, 7) is 3.55. The predicted molar refractivity (Wildman–Crippen MR) is 89.4 cm³/mol. The summed E-state index contributed by atoms with van der Waals surface area (Å²) < 4.78 is 1.83. The zero-order chi connectivity index (χ0) is 17.0. The fraction of sp³-hybridized carbons (Fsp3) is 0.250. The number of nitriles is 1. The zero-order valence-electron chi connectivity index (χ0n) is 13.2. The van der Waals surface area contributed by atoms with Gasteiger partial charge >= 0.3 is 0 Å². The van der Waals surface area contributed by atoms with E-state index in [1.54, 1.807) is 6.92 Å². The first kappa shape index (κ1) is 16.8. The summed E-state index contributed by atoms with van der Waals surface area (Å²) >= 11 is 1.23. The first-order valence-corrected chi connectivity index (χ1v) is 7.91. The van der Waals surface area contributed by atoms with Gasteiger partial charge in [0, 0.05) is 18.3 Å². The molecule has 6 nitrogen and oxygen atoms in total. The van der Waals surface area contributed by atoms with Crippen LogP contribution < -0.4 is 5.73 Å². The molecular weight excluding hydrogens is 310 g/mol. The number of carbonyl (C=O) groups is 1. The summed E-state index contributed by atoms with van der Waals surface area (Å²) in [6, 6.07) is 9.80. The van der Waals surface area contributed by atoms with Crippen LogP contribution in [0, 0.1) is 18.3 Å². The van der Waals surface area contributed by atoms with E-state index in [-0.39, 0.29) is 22.8 Å². The molecule has 0 aliphatic rings. The Bertz CT molecular complexity index is 812. The van der Waals surface area contributed by atoms with Crippen LogP contribution in [0.15, 0.2) is 40.7 Å². The molecule has 23 heavy (non-hydrogen) atoms. The molecular formula is C16H17N5OS. The summed E-state index contributed by atoms with van der Waals surface area (Å²) in [6.07, 6.45) is 0. The first-order chi connectivity index (χ1) is 10.9. The maximum absolute atomic E-state index is 12.0. The van der Waals surface area contributed by atoms with Crippen molar-refractivity contribution in [2.75, 3.05) is 5.75 Å². The summed E-state index contributed by atoms with van der Waals surface area (Å²) in [5.74, 6) is 0.518. The molecule has 0 unspecified atom stereocenters. The molecule has 0 aliphatic carbocycles. The third-order valence-electron chi connectivity index (χ3n) is 3.23. The number of hydrogen-bond acceptors (Lipinski definition) is 6. The summed E-state index contributed by atoms with van der Waals surface area (Å²) in [5.41, 5.74) is 7.87. The van der Waals surface area contributed by atoms with Crippen LogP contribution in [0.25, 0.3) is 11.4 Å². The van der Waals surface area contributed by atoms with E-state index in [0.717, 1.165) is 17.0 Å². The molecule has 2 N–H and O–H groups in total. The Morgan fingerprint density at radius 1 is 1.43 bits per heavy atom. The number of benzene rings is 1. The number of carbonyl (C=O) groups excluding carboxylic acids is 1. The third kappa shape index (κ3) is 3.79. The van der Waals surface area contributed by atoms with Crippen molar-refractivity contribution in [3.63, 3.8) is 0 Å². The zero-order valence-corrected chi connectivity index (χ0v) is 14.0. The first-order valence-electron chi connectivity index (χ1n) is 6.93. The number of hydrogen-bond donors (Lipinski definition) is 1. The molecule has 0 saturated carbocycles. The Hall–Kier alpha value is -2.59. The highest BCUT2D eigenvalue weighted by molar-refractivity contribution is 7.99. The van der Waals surface area contributed by atoms with Crippen molar-refractivity contribution in [2.24, 2.45) is 12.8 Å². The molecule has 0 amide bonds. The molecule has 2 rings (SSSR count). The lowest BCUT2D eigenvalue weighted by atomic mass is 10.1. The fourth-order valence-corrected chi connectivity index (χ4v) is 2.83. The average molecular weight is 327 g/mol. The number of aryl methyl sites for hydroxylation is 1. The second-order valence-corrected chi connectivity index (χ2v) is 6.06. The standard InChI is InChI=1S/C16H17N5OS/c1-10-5-4-6-12(7-10)15-19-20-16(21(15)3)23-9-14(22)13(8-17)11(2)18/h4-7H,9,18H2,1-3H3/b13-11-. The largest absolute Gasteiger partial charge is 0.401 e. The van der Waals surface area contributed by atoms with Crippen LogP contribution in [-0.2, 0) is 11.8 Å². The van der Waals surface area contributed by atoms with Gasteiger partial charge in [-0.2, -0.15) is 5.26 Å². The number of thioether (sulfide) groups is 1. The predicted octanol–water partition coefficient (Wildman–Crippen LogP) is 2.21. The fourth-order valence-electron chi connectivity index (χ4n) is 2.05. The lowest BCUT2D eigenvalue weighted by molar-refractivity contribution is -0.112. The molecule has 0 spiro atoms. The molecule has 2 aromatic rings. The molecule has 0 radical (unpaired) electrons. The monoisotopic (exact) mass is 327 g/mol. The number of nitrogens with two attached hydrogens (primary N) is 1. The van der Waals surface area contributed by atoms with Gasteiger partial charge in [-0.25, -0.2) is 0 Å². The highest BCUT2D eigenvalue weighted by Crippen LogP contribution is 2.23. The van der Waals surface area contributed by atoms with Gasteiger partial charge < -0.3 is 10.3 Å². The highest BCUT2D eigenvalue weighted by Gasteiger charge is 2.16. The SMILES string of the molecule is C/C(N)=C(\C#N)C(=O)CSc1nnc(-c2cccc(C)c2)n1C. The minimum atomic E-state index is -0.308. The normalized spacial score (nSPS) is 11.7. The molecule has 0 aliphatic heterocycles. The van der Waals surface area contributed by atoms with Gasteiger partial charge in [0.2, 0.25) is 0 Å². The Morgan fingerprint density at radius 2 is 2.17 bits per heavy atom. The van der Waals surface area contributed by atoms with E-state index in [4.69, 9.17) is 11.0 Å². The molecule has 0 saturated heterocycles. The number of allylic oxidation sites excluding steroid dienone is 2. The minimum absolute atomic E-state index is 0.00132. The Balaban J connectivity index is 2.17. The van der Waals surface area contributed by atoms with Crippen molar-refractivity contribution in [1.82, 2.24) is 14.8 Å². The Morgan fingerprint density at radius 3 is 2.78 bits per heavy atom. The third-order valence-corrected chi connectivity index (χ3v) is 4.25. The molecule has 1 aromatic heterocycles. The second kappa shape index (κ2) is 7.11. The Kier molecular flexibility index (Phi) is 5.19. The van der Waals surface area contributed by atoms with Crippen LogP contribution >= 0.6 is 11.8 Å². The van der Waals surface area contributed by atoms with E-state index >= 15 is 0 Å². The number of nitrogens with zero attached hydrogens (tertiary/aromatic N) is 4. The molecule has 0 atom stereocenters. The lowest BCUT2D eigenvalue weighted by Crippen LogP contribution is -2.10. The molecule has 0 bridgehead atoms. The molecule has 0 fully saturated rings. The van der Waals surface area contributed by atoms with Gasteiger partial charge in [0.1, 0.15) is 11.6 Å². The quantitative estimate of drug-likeness (QED) is 0.513. The van der Waals surface area contributed by atoms with Crippen molar-refractivity contribution in [1.29, 1.82) is 5.26 Å².